The Morgan fingerprint density at radius 1 is 1.23 bits per heavy atom. The lowest BCUT2D eigenvalue weighted by Crippen LogP contribution is -2.50. The summed E-state index contributed by atoms with van der Waals surface area (Å²) in [5, 5.41) is 28.4. The van der Waals surface area contributed by atoms with Crippen LogP contribution in [0.1, 0.15) is 34.9 Å². The van der Waals surface area contributed by atoms with E-state index in [-0.39, 0.29) is 29.5 Å². The number of nitrogens with one attached hydrogen (secondary N) is 3. The second-order valence-electron chi connectivity index (χ2n) is 10.5. The van der Waals surface area contributed by atoms with Crippen molar-refractivity contribution in [1.29, 1.82) is 0 Å². The Morgan fingerprint density at radius 2 is 2.02 bits per heavy atom. The number of aliphatic hydroxyl groups is 1. The van der Waals surface area contributed by atoms with Gasteiger partial charge < -0.3 is 15.7 Å². The summed E-state index contributed by atoms with van der Waals surface area (Å²) in [4.78, 5) is 28.7. The highest BCUT2D eigenvalue weighted by atomic mass is 32.1. The minimum absolute atomic E-state index is 0.0851. The average molecular weight is 558 g/mol. The minimum Gasteiger partial charge on any atom is -0.390 e. The molecule has 0 saturated carbocycles. The molecule has 4 N–H and O–H groups in total. The van der Waals surface area contributed by atoms with E-state index in [2.05, 4.69) is 43.8 Å². The van der Waals surface area contributed by atoms with Crippen LogP contribution in [0.5, 0.6) is 0 Å². The van der Waals surface area contributed by atoms with E-state index >= 15 is 0 Å². The van der Waals surface area contributed by atoms with Gasteiger partial charge in [-0.25, -0.2) is 5.10 Å². The van der Waals surface area contributed by atoms with Crippen LogP contribution in [0.2, 0.25) is 0 Å². The number of H-pyrrole nitrogens is 1. The van der Waals surface area contributed by atoms with Crippen LogP contribution in [0.4, 0.5) is 11.5 Å². The number of carbonyl (C=O) groups excluding carboxylic acids is 1. The Balaban J connectivity index is 1.22. The fourth-order valence-corrected chi connectivity index (χ4v) is 6.24. The molecule has 0 spiro atoms. The number of anilines is 2. The molecule has 2 atom stereocenters. The first kappa shape index (κ1) is 26.2. The minimum atomic E-state index is -0.358. The number of nitrogens with zero attached hydrogens (tertiary/aromatic N) is 4. The predicted octanol–water partition coefficient (Wildman–Crippen LogP) is 3.42. The average Bonchev–Trinajstić information content (AvgIpc) is 3.50. The second-order valence-corrected chi connectivity index (χ2v) is 11.6. The van der Waals surface area contributed by atoms with Crippen molar-refractivity contribution >= 4 is 44.4 Å². The molecule has 4 aromatic rings. The van der Waals surface area contributed by atoms with Gasteiger partial charge in [0.1, 0.15) is 5.69 Å². The van der Waals surface area contributed by atoms with Gasteiger partial charge >= 0.3 is 0 Å². The van der Waals surface area contributed by atoms with Crippen LogP contribution in [0.25, 0.3) is 15.7 Å². The van der Waals surface area contributed by atoms with Crippen LogP contribution in [0.3, 0.4) is 0 Å². The molecular formula is C29H31N7O3S. The highest BCUT2D eigenvalue weighted by Crippen LogP contribution is 2.31. The normalized spacial score (nSPS) is 19.7. The number of allylic oxidation sites excluding steroid dienone is 2. The molecule has 1 aliphatic heterocycles. The maximum absolute atomic E-state index is 13.2. The standard InChI is InChI=1S/C29H31N7O3S/c1-16-8-9-21(17(2)27(16)31-29(39)25-10-18-6-4-5-7-24(18)40-25)22-12-23(28(38)33-32-22)30-26-11-19(35(3)34-26)13-36-14-20(37)15-36/h4-12,16,20,27,37H,13-15H2,1-3H3,(H,31,39)(H,33,38)(H,30,32,34). The van der Waals surface area contributed by atoms with Gasteiger partial charge in [0, 0.05) is 43.0 Å². The lowest BCUT2D eigenvalue weighted by Gasteiger charge is -2.35. The molecular weight excluding hydrogens is 526 g/mol. The summed E-state index contributed by atoms with van der Waals surface area (Å²) >= 11 is 1.48. The van der Waals surface area contributed by atoms with Crippen LogP contribution >= 0.6 is 11.3 Å². The van der Waals surface area contributed by atoms with Crippen molar-refractivity contribution in [3.8, 4) is 0 Å². The molecule has 4 heterocycles. The lowest BCUT2D eigenvalue weighted by atomic mass is 9.85. The first-order valence-electron chi connectivity index (χ1n) is 13.2. The van der Waals surface area contributed by atoms with Crippen molar-refractivity contribution in [1.82, 2.24) is 30.2 Å². The smallest absolute Gasteiger partial charge is 0.287 e. The number of fused-ring (bicyclic) bond motifs is 1. The lowest BCUT2D eigenvalue weighted by molar-refractivity contribution is -0.00413. The van der Waals surface area contributed by atoms with Crippen LogP contribution in [0, 0.1) is 5.92 Å². The molecule has 0 bridgehead atoms. The van der Waals surface area contributed by atoms with Crippen LogP contribution in [-0.4, -0.2) is 61.1 Å². The molecule has 11 heteroatoms. The van der Waals surface area contributed by atoms with Gasteiger partial charge in [0.05, 0.1) is 28.4 Å². The van der Waals surface area contributed by atoms with Crippen molar-refractivity contribution < 1.29 is 9.90 Å². The van der Waals surface area contributed by atoms with Gasteiger partial charge in [0.2, 0.25) is 0 Å². The van der Waals surface area contributed by atoms with E-state index in [1.807, 2.05) is 56.4 Å². The summed E-state index contributed by atoms with van der Waals surface area (Å²) in [7, 11) is 1.86. The summed E-state index contributed by atoms with van der Waals surface area (Å²) < 4.78 is 2.85. The van der Waals surface area contributed by atoms with E-state index in [1.54, 1.807) is 10.7 Å². The number of rotatable bonds is 7. The van der Waals surface area contributed by atoms with Gasteiger partial charge in [-0.1, -0.05) is 37.3 Å². The molecule has 0 radical (unpaired) electrons. The molecule has 206 valence electrons. The maximum atomic E-state index is 13.2. The molecule has 1 aliphatic carbocycles. The Bertz CT molecular complexity index is 1680. The Hall–Kier alpha value is -4.06. The second kappa shape index (κ2) is 10.5. The van der Waals surface area contributed by atoms with Crippen LogP contribution in [0.15, 0.2) is 65.0 Å². The Kier molecular flexibility index (Phi) is 6.87. The van der Waals surface area contributed by atoms with Gasteiger partial charge in [-0.2, -0.15) is 10.2 Å². The van der Waals surface area contributed by atoms with Crippen molar-refractivity contribution in [2.75, 3.05) is 18.4 Å². The molecule has 1 amide bonds. The highest BCUT2D eigenvalue weighted by Gasteiger charge is 2.28. The SMILES string of the molecule is CC1=C(c2cc(Nc3cc(CN4CC(O)C4)n(C)n3)c(=O)[nH]n2)C=CC(C)C1NC(=O)c1cc2ccccc2s1. The van der Waals surface area contributed by atoms with Crippen LogP contribution < -0.4 is 16.2 Å². The number of hydrogen-bond donors (Lipinski definition) is 4. The molecule has 10 nitrogen and oxygen atoms in total. The van der Waals surface area contributed by atoms with E-state index < -0.39 is 0 Å². The van der Waals surface area contributed by atoms with E-state index in [0.717, 1.165) is 26.9 Å². The third kappa shape index (κ3) is 5.10. The molecule has 3 aromatic heterocycles. The van der Waals surface area contributed by atoms with Crippen molar-refractivity contribution in [3.05, 3.63) is 86.8 Å². The fourth-order valence-electron chi connectivity index (χ4n) is 5.28. The van der Waals surface area contributed by atoms with Crippen molar-refractivity contribution in [2.45, 2.75) is 32.5 Å². The zero-order chi connectivity index (χ0) is 28.0. The third-order valence-corrected chi connectivity index (χ3v) is 8.68. The number of aryl methyl sites for hydroxylation is 1. The van der Waals surface area contributed by atoms with Gasteiger partial charge in [-0.15, -0.1) is 11.3 Å². The number of aromatic nitrogens is 4. The van der Waals surface area contributed by atoms with E-state index in [9.17, 15) is 14.7 Å². The number of thiophene rings is 1. The number of likely N-dealkylation sites (tertiary alicyclic amines) is 1. The Morgan fingerprint density at radius 3 is 2.80 bits per heavy atom. The van der Waals surface area contributed by atoms with Gasteiger partial charge in [0.15, 0.2) is 5.82 Å². The predicted molar refractivity (Wildman–Crippen MR) is 157 cm³/mol. The molecule has 1 saturated heterocycles. The number of aliphatic hydroxyl groups excluding tert-OH is 1. The maximum Gasteiger partial charge on any atom is 0.287 e. The molecule has 1 fully saturated rings. The number of aromatic amines is 1. The molecule has 2 unspecified atom stereocenters. The van der Waals surface area contributed by atoms with Gasteiger partial charge in [-0.05, 0) is 42.0 Å². The van der Waals surface area contributed by atoms with Crippen molar-refractivity contribution in [3.63, 3.8) is 0 Å². The molecule has 2 aliphatic rings. The highest BCUT2D eigenvalue weighted by molar-refractivity contribution is 7.20. The number of amides is 1. The number of β-amino-alcohol motifs (C(OH)–C–C–N with tert-alkyl or cyclic N) is 1. The summed E-state index contributed by atoms with van der Waals surface area (Å²) in [5.41, 5.74) is 3.34. The first-order valence-corrected chi connectivity index (χ1v) is 14.1. The summed E-state index contributed by atoms with van der Waals surface area (Å²) in [6.45, 7) is 6.02. The Labute approximate surface area is 235 Å². The van der Waals surface area contributed by atoms with E-state index in [4.69, 9.17) is 0 Å². The number of benzene rings is 1. The largest absolute Gasteiger partial charge is 0.390 e. The van der Waals surface area contributed by atoms with Crippen LogP contribution in [-0.2, 0) is 13.6 Å². The molecule has 6 rings (SSSR count). The first-order chi connectivity index (χ1) is 19.2. The molecule has 40 heavy (non-hydrogen) atoms. The van der Waals surface area contributed by atoms with Gasteiger partial charge in [-0.3, -0.25) is 19.2 Å². The fraction of sp³-hybridized carbons (Fsp3) is 0.310. The topological polar surface area (TPSA) is 128 Å². The summed E-state index contributed by atoms with van der Waals surface area (Å²) in [5.74, 6) is 0.526. The number of carbonyl (C=O) groups is 1. The van der Waals surface area contributed by atoms with Crippen molar-refractivity contribution in [2.24, 2.45) is 13.0 Å². The monoisotopic (exact) mass is 557 g/mol. The van der Waals surface area contributed by atoms with E-state index in [1.165, 1.54) is 11.3 Å². The number of hydrogen-bond acceptors (Lipinski definition) is 8. The summed E-state index contributed by atoms with van der Waals surface area (Å²) in [6.07, 6.45) is 3.78. The van der Waals surface area contributed by atoms with E-state index in [0.29, 0.717) is 41.7 Å². The van der Waals surface area contributed by atoms with Gasteiger partial charge in [0.25, 0.3) is 11.5 Å². The third-order valence-electron chi connectivity index (χ3n) is 7.56. The molecule has 1 aromatic carbocycles. The quantitative estimate of drug-likeness (QED) is 0.274. The zero-order valence-electron chi connectivity index (χ0n) is 22.5. The summed E-state index contributed by atoms with van der Waals surface area (Å²) in [6, 6.07) is 13.3. The zero-order valence-corrected chi connectivity index (χ0v) is 23.3.